The number of hydrogen-bond donors (Lipinski definition) is 1. The number of rotatable bonds is 7. The van der Waals surface area contributed by atoms with E-state index in [2.05, 4.69) is 30.4 Å². The maximum atomic E-state index is 5.39. The zero-order chi connectivity index (χ0) is 12.7. The van der Waals surface area contributed by atoms with Gasteiger partial charge in [-0.1, -0.05) is 26.8 Å². The fourth-order valence-electron chi connectivity index (χ4n) is 1.51. The summed E-state index contributed by atoms with van der Waals surface area (Å²) in [5, 5.41) is 0. The third kappa shape index (κ3) is 3.63. The van der Waals surface area contributed by atoms with Crippen molar-refractivity contribution in [3.8, 4) is 0 Å². The van der Waals surface area contributed by atoms with Crippen LogP contribution in [0.3, 0.4) is 0 Å². The molecule has 0 aliphatic heterocycles. The number of aliphatic imine (C=N–C) groups is 1. The van der Waals surface area contributed by atoms with Crippen molar-refractivity contribution in [1.82, 2.24) is 9.55 Å². The first-order valence-corrected chi connectivity index (χ1v) is 6.84. The maximum Gasteiger partial charge on any atom is 0.162 e. The van der Waals surface area contributed by atoms with Crippen molar-refractivity contribution in [3.63, 3.8) is 0 Å². The first kappa shape index (κ1) is 13.8. The van der Waals surface area contributed by atoms with Gasteiger partial charge in [0, 0.05) is 11.4 Å². The van der Waals surface area contributed by atoms with E-state index in [1.165, 1.54) is 6.34 Å². The lowest BCUT2D eigenvalue weighted by molar-refractivity contribution is 0.634. The minimum atomic E-state index is 0.812. The molecule has 0 saturated heterocycles. The van der Waals surface area contributed by atoms with Crippen LogP contribution in [0.15, 0.2) is 17.9 Å². The number of aryl methyl sites for hydroxylation is 1. The van der Waals surface area contributed by atoms with Gasteiger partial charge in [0.15, 0.2) is 5.82 Å². The highest BCUT2D eigenvalue weighted by Crippen LogP contribution is 2.31. The average Bonchev–Trinajstić information content (AvgIpc) is 2.70. The summed E-state index contributed by atoms with van der Waals surface area (Å²) in [6.07, 6.45) is 5.38. The molecule has 0 radical (unpaired) electrons. The molecule has 0 atom stereocenters. The van der Waals surface area contributed by atoms with Crippen LogP contribution < -0.4 is 5.73 Å². The van der Waals surface area contributed by atoms with Gasteiger partial charge in [-0.2, -0.15) is 0 Å². The highest BCUT2D eigenvalue weighted by molar-refractivity contribution is 8.08. The smallest absolute Gasteiger partial charge is 0.162 e. The average molecular weight is 252 g/mol. The summed E-state index contributed by atoms with van der Waals surface area (Å²) in [7, 11) is 0. The van der Waals surface area contributed by atoms with Crippen LogP contribution in [0.2, 0.25) is 0 Å². The van der Waals surface area contributed by atoms with E-state index >= 15 is 0 Å². The number of thioether (sulfide) groups is 1. The van der Waals surface area contributed by atoms with Crippen molar-refractivity contribution in [3.05, 3.63) is 18.6 Å². The van der Waals surface area contributed by atoms with E-state index in [-0.39, 0.29) is 0 Å². The lowest BCUT2D eigenvalue weighted by atomic mass is 10.3. The molecule has 0 bridgehead atoms. The molecular formula is C12H20N4S. The summed E-state index contributed by atoms with van der Waals surface area (Å²) in [5.74, 6) is 1.79. The first-order chi connectivity index (χ1) is 8.24. The van der Waals surface area contributed by atoms with Gasteiger partial charge < -0.3 is 10.3 Å². The molecule has 1 heterocycles. The summed E-state index contributed by atoms with van der Waals surface area (Å²) >= 11 is 1.68. The topological polar surface area (TPSA) is 56.2 Å². The van der Waals surface area contributed by atoms with Crippen LogP contribution in [-0.2, 0) is 6.54 Å². The minimum absolute atomic E-state index is 0.812. The molecule has 0 amide bonds. The third-order valence-electron chi connectivity index (χ3n) is 2.34. The molecule has 1 rings (SSSR count). The van der Waals surface area contributed by atoms with Crippen molar-refractivity contribution in [2.24, 2.45) is 10.7 Å². The van der Waals surface area contributed by atoms with E-state index in [9.17, 15) is 0 Å². The molecule has 0 aliphatic rings. The van der Waals surface area contributed by atoms with Crippen LogP contribution in [0.5, 0.6) is 0 Å². The zero-order valence-electron chi connectivity index (χ0n) is 10.5. The normalized spacial score (nSPS) is 11.2. The molecule has 4 nitrogen and oxygen atoms in total. The number of hydrogen-bond acceptors (Lipinski definition) is 3. The lowest BCUT2D eigenvalue weighted by Gasteiger charge is -2.05. The summed E-state index contributed by atoms with van der Waals surface area (Å²) in [6.45, 7) is 9.20. The van der Waals surface area contributed by atoms with Crippen molar-refractivity contribution >= 4 is 28.8 Å². The fourth-order valence-corrected chi connectivity index (χ4v) is 2.14. The number of aromatic nitrogens is 2. The van der Waals surface area contributed by atoms with Gasteiger partial charge in [-0.05, 0) is 12.2 Å². The first-order valence-electron chi connectivity index (χ1n) is 5.86. The second-order valence-electron chi connectivity index (χ2n) is 3.60. The van der Waals surface area contributed by atoms with Gasteiger partial charge in [0.25, 0.3) is 0 Å². The Balaban J connectivity index is 2.97. The number of nitrogens with zero attached hydrogens (tertiary/aromatic N) is 3. The van der Waals surface area contributed by atoms with Gasteiger partial charge in [0.2, 0.25) is 0 Å². The fraction of sp³-hybridized carbons (Fsp3) is 0.500. The Hall–Kier alpha value is -1.23. The van der Waals surface area contributed by atoms with Gasteiger partial charge in [0.05, 0.1) is 12.7 Å². The van der Waals surface area contributed by atoms with Gasteiger partial charge in [-0.15, -0.1) is 11.8 Å². The number of unbranched alkanes of at least 4 members (excludes halogenated alkanes) is 1. The molecule has 94 valence electrons. The summed E-state index contributed by atoms with van der Waals surface area (Å²) in [5.41, 5.74) is 6.23. The molecular weight excluding hydrogens is 232 g/mol. The SMILES string of the molecule is C=C(SCC)c1ncn(CCCC)c1/N=C\N. The highest BCUT2D eigenvalue weighted by Gasteiger charge is 2.12. The molecule has 0 fully saturated rings. The Labute approximate surface area is 107 Å². The molecule has 5 heteroatoms. The molecule has 1 aromatic rings. The predicted octanol–water partition coefficient (Wildman–Crippen LogP) is 3.03. The van der Waals surface area contributed by atoms with Crippen molar-refractivity contribution in [1.29, 1.82) is 0 Å². The Morgan fingerprint density at radius 1 is 1.65 bits per heavy atom. The lowest BCUT2D eigenvalue weighted by Crippen LogP contribution is -1.97. The van der Waals surface area contributed by atoms with Crippen LogP contribution in [0.4, 0.5) is 5.82 Å². The van der Waals surface area contributed by atoms with Crippen LogP contribution >= 0.6 is 11.8 Å². The summed E-state index contributed by atoms with van der Waals surface area (Å²) in [4.78, 5) is 9.53. The summed E-state index contributed by atoms with van der Waals surface area (Å²) < 4.78 is 2.03. The van der Waals surface area contributed by atoms with Crippen molar-refractivity contribution in [2.75, 3.05) is 5.75 Å². The van der Waals surface area contributed by atoms with Gasteiger partial charge >= 0.3 is 0 Å². The standard InChI is InChI=1S/C12H20N4S/c1-4-6-7-16-9-15-11(10(3)17-5-2)12(16)14-8-13/h8-9H,3-7H2,1-2H3,(H2,13,14). The molecule has 0 spiro atoms. The Kier molecular flexibility index (Phi) is 5.83. The molecule has 1 aromatic heterocycles. The predicted molar refractivity (Wildman–Crippen MR) is 76.6 cm³/mol. The highest BCUT2D eigenvalue weighted by atomic mass is 32.2. The molecule has 0 aliphatic carbocycles. The summed E-state index contributed by atoms with van der Waals surface area (Å²) in [6, 6.07) is 0. The van der Waals surface area contributed by atoms with Crippen LogP contribution in [0, 0.1) is 0 Å². The van der Waals surface area contributed by atoms with E-state index in [0.29, 0.717) is 0 Å². The van der Waals surface area contributed by atoms with E-state index in [4.69, 9.17) is 5.73 Å². The van der Waals surface area contributed by atoms with Crippen molar-refractivity contribution in [2.45, 2.75) is 33.2 Å². The van der Waals surface area contributed by atoms with Gasteiger partial charge in [-0.3, -0.25) is 0 Å². The van der Waals surface area contributed by atoms with Crippen LogP contribution in [-0.4, -0.2) is 21.6 Å². The second-order valence-corrected chi connectivity index (χ2v) is 4.96. The van der Waals surface area contributed by atoms with E-state index < -0.39 is 0 Å². The maximum absolute atomic E-state index is 5.39. The molecule has 17 heavy (non-hydrogen) atoms. The van der Waals surface area contributed by atoms with E-state index in [1.807, 2.05) is 10.9 Å². The zero-order valence-corrected chi connectivity index (χ0v) is 11.3. The quantitative estimate of drug-likeness (QED) is 0.599. The Bertz CT molecular complexity index is 395. The molecule has 0 aromatic carbocycles. The second kappa shape index (κ2) is 7.17. The Morgan fingerprint density at radius 2 is 2.41 bits per heavy atom. The largest absolute Gasteiger partial charge is 0.390 e. The number of nitrogens with two attached hydrogens (primary N) is 1. The Morgan fingerprint density at radius 3 is 3.00 bits per heavy atom. The molecule has 0 unspecified atom stereocenters. The van der Waals surface area contributed by atoms with Crippen LogP contribution in [0.1, 0.15) is 32.4 Å². The van der Waals surface area contributed by atoms with Crippen LogP contribution in [0.25, 0.3) is 4.91 Å². The van der Waals surface area contributed by atoms with E-state index in [1.54, 1.807) is 11.8 Å². The van der Waals surface area contributed by atoms with E-state index in [0.717, 1.165) is 41.6 Å². The van der Waals surface area contributed by atoms with Crippen molar-refractivity contribution < 1.29 is 0 Å². The van der Waals surface area contributed by atoms with Gasteiger partial charge in [0.1, 0.15) is 5.69 Å². The third-order valence-corrected chi connectivity index (χ3v) is 3.17. The number of imidazole rings is 1. The molecule has 0 saturated carbocycles. The minimum Gasteiger partial charge on any atom is -0.390 e. The molecule has 2 N–H and O–H groups in total. The monoisotopic (exact) mass is 252 g/mol. The van der Waals surface area contributed by atoms with Gasteiger partial charge in [-0.25, -0.2) is 9.98 Å².